The lowest BCUT2D eigenvalue weighted by Crippen LogP contribution is -2.14. The summed E-state index contributed by atoms with van der Waals surface area (Å²) < 4.78 is 1.89. The third-order valence-corrected chi connectivity index (χ3v) is 4.32. The van der Waals surface area contributed by atoms with Gasteiger partial charge < -0.3 is 10.3 Å². The van der Waals surface area contributed by atoms with Gasteiger partial charge in [-0.25, -0.2) is 0 Å². The number of thiophene rings is 1. The van der Waals surface area contributed by atoms with Crippen LogP contribution in [0.5, 0.6) is 0 Å². The Morgan fingerprint density at radius 2 is 2.40 bits per heavy atom. The van der Waals surface area contributed by atoms with E-state index in [1.54, 1.807) is 11.3 Å². The van der Waals surface area contributed by atoms with Gasteiger partial charge in [-0.15, -0.1) is 21.5 Å². The highest BCUT2D eigenvalue weighted by atomic mass is 32.2. The first-order valence-corrected chi connectivity index (χ1v) is 7.84. The number of amides is 1. The smallest absolute Gasteiger partial charge is 0.219 e. The molecule has 2 aromatic rings. The lowest BCUT2D eigenvalue weighted by molar-refractivity contribution is -0.118. The number of thioether (sulfide) groups is 1. The first kappa shape index (κ1) is 14.6. The van der Waals surface area contributed by atoms with Gasteiger partial charge in [-0.05, 0) is 11.4 Å². The van der Waals surface area contributed by atoms with Gasteiger partial charge in [-0.3, -0.25) is 4.79 Å². The number of hydrogen-bond donors (Lipinski definition) is 1. The second kappa shape index (κ2) is 7.07. The van der Waals surface area contributed by atoms with Crippen molar-refractivity contribution in [2.75, 3.05) is 5.75 Å². The molecule has 2 rings (SSSR count). The number of carbonyl (C=O) groups excluding carboxylic acids is 1. The summed E-state index contributed by atoms with van der Waals surface area (Å²) >= 11 is 3.03. The maximum absolute atomic E-state index is 11.0. The van der Waals surface area contributed by atoms with Crippen molar-refractivity contribution in [1.29, 1.82) is 5.26 Å². The Balaban J connectivity index is 2.23. The van der Waals surface area contributed by atoms with E-state index in [-0.39, 0.29) is 12.3 Å². The molecule has 0 radical (unpaired) electrons. The van der Waals surface area contributed by atoms with Gasteiger partial charge in [0, 0.05) is 25.1 Å². The van der Waals surface area contributed by atoms with Crippen molar-refractivity contribution in [3.05, 3.63) is 17.5 Å². The van der Waals surface area contributed by atoms with Crippen molar-refractivity contribution < 1.29 is 4.79 Å². The summed E-state index contributed by atoms with van der Waals surface area (Å²) in [5.74, 6) is 1.03. The lowest BCUT2D eigenvalue weighted by Gasteiger charge is -2.07. The number of nitrogens with two attached hydrogens (primary N) is 1. The van der Waals surface area contributed by atoms with Crippen molar-refractivity contribution in [2.24, 2.45) is 5.73 Å². The van der Waals surface area contributed by atoms with Crippen LogP contribution < -0.4 is 5.73 Å². The number of rotatable bonds is 7. The first-order valence-electron chi connectivity index (χ1n) is 5.97. The topological polar surface area (TPSA) is 97.6 Å². The second-order valence-corrected chi connectivity index (χ2v) is 5.92. The molecule has 0 saturated carbocycles. The van der Waals surface area contributed by atoms with E-state index in [0.717, 1.165) is 10.7 Å². The van der Waals surface area contributed by atoms with Gasteiger partial charge >= 0.3 is 0 Å². The van der Waals surface area contributed by atoms with E-state index in [9.17, 15) is 4.79 Å². The summed E-state index contributed by atoms with van der Waals surface area (Å²) in [6.45, 7) is 0.449. The van der Waals surface area contributed by atoms with Crippen molar-refractivity contribution >= 4 is 29.0 Å². The minimum Gasteiger partial charge on any atom is -0.370 e. The molecule has 0 unspecified atom stereocenters. The summed E-state index contributed by atoms with van der Waals surface area (Å²) in [6, 6.07) is 5.99. The van der Waals surface area contributed by atoms with E-state index >= 15 is 0 Å². The molecule has 0 spiro atoms. The lowest BCUT2D eigenvalue weighted by atomic mass is 10.4. The van der Waals surface area contributed by atoms with Crippen LogP contribution in [0.25, 0.3) is 10.7 Å². The van der Waals surface area contributed by atoms with Crippen molar-refractivity contribution in [1.82, 2.24) is 14.8 Å². The Hall–Kier alpha value is -1.85. The Kier molecular flexibility index (Phi) is 5.15. The number of nitrogens with zero attached hydrogens (tertiary/aromatic N) is 4. The van der Waals surface area contributed by atoms with Crippen molar-refractivity contribution in [2.45, 2.75) is 24.5 Å². The SMILES string of the molecule is N#CCCSc1nnc(-c2cccs2)n1CCC(N)=O. The van der Waals surface area contributed by atoms with Gasteiger partial charge in [0.15, 0.2) is 11.0 Å². The van der Waals surface area contributed by atoms with Crippen LogP contribution in [0.1, 0.15) is 12.8 Å². The number of nitriles is 1. The van der Waals surface area contributed by atoms with Crippen LogP contribution in [0.3, 0.4) is 0 Å². The maximum atomic E-state index is 11.0. The third kappa shape index (κ3) is 3.59. The van der Waals surface area contributed by atoms with E-state index in [0.29, 0.717) is 23.9 Å². The molecule has 0 aliphatic rings. The molecule has 2 N–H and O–H groups in total. The first-order chi connectivity index (χ1) is 9.72. The monoisotopic (exact) mass is 307 g/mol. The molecule has 0 aliphatic carbocycles. The quantitative estimate of drug-likeness (QED) is 0.622. The molecule has 0 saturated heterocycles. The standard InChI is InChI=1S/C12H13N5OS2/c13-5-2-8-20-12-16-15-11(9-3-1-7-19-9)17(12)6-4-10(14)18/h1,3,7H,2,4,6,8H2,(H2,14,18). The average molecular weight is 307 g/mol. The van der Waals surface area contributed by atoms with Gasteiger partial charge in [0.25, 0.3) is 0 Å². The molecule has 0 aromatic carbocycles. The van der Waals surface area contributed by atoms with Crippen LogP contribution in [0, 0.1) is 11.3 Å². The summed E-state index contributed by atoms with van der Waals surface area (Å²) in [5, 5.41) is 19.6. The van der Waals surface area contributed by atoms with Crippen molar-refractivity contribution in [3.63, 3.8) is 0 Å². The van der Waals surface area contributed by atoms with Crippen LogP contribution in [-0.2, 0) is 11.3 Å². The number of carbonyl (C=O) groups is 1. The summed E-state index contributed by atoms with van der Waals surface area (Å²) in [7, 11) is 0. The highest BCUT2D eigenvalue weighted by Gasteiger charge is 2.15. The van der Waals surface area contributed by atoms with E-state index in [4.69, 9.17) is 11.0 Å². The number of primary amides is 1. The molecule has 104 valence electrons. The third-order valence-electron chi connectivity index (χ3n) is 2.49. The fraction of sp³-hybridized carbons (Fsp3) is 0.333. The van der Waals surface area contributed by atoms with Crippen LogP contribution in [0.2, 0.25) is 0 Å². The van der Waals surface area contributed by atoms with Gasteiger partial charge in [0.1, 0.15) is 0 Å². The number of hydrogen-bond acceptors (Lipinski definition) is 6. The molecule has 2 heterocycles. The minimum absolute atomic E-state index is 0.238. The molecule has 8 heteroatoms. The van der Waals surface area contributed by atoms with E-state index < -0.39 is 0 Å². The summed E-state index contributed by atoms with van der Waals surface area (Å²) in [5.41, 5.74) is 5.21. The Morgan fingerprint density at radius 1 is 1.55 bits per heavy atom. The molecule has 0 bridgehead atoms. The molecule has 1 amide bonds. The largest absolute Gasteiger partial charge is 0.370 e. The molecule has 20 heavy (non-hydrogen) atoms. The van der Waals surface area contributed by atoms with Gasteiger partial charge in [-0.1, -0.05) is 17.8 Å². The Morgan fingerprint density at radius 3 is 3.05 bits per heavy atom. The van der Waals surface area contributed by atoms with E-state index in [1.807, 2.05) is 22.1 Å². The molecular weight excluding hydrogens is 294 g/mol. The molecule has 0 aliphatic heterocycles. The zero-order chi connectivity index (χ0) is 14.4. The fourth-order valence-electron chi connectivity index (χ4n) is 1.60. The molecule has 0 atom stereocenters. The molecule has 2 aromatic heterocycles. The van der Waals surface area contributed by atoms with Crippen LogP contribution in [0.15, 0.2) is 22.7 Å². The molecule has 6 nitrogen and oxygen atoms in total. The van der Waals surface area contributed by atoms with E-state index in [1.165, 1.54) is 11.8 Å². The van der Waals surface area contributed by atoms with Crippen LogP contribution >= 0.6 is 23.1 Å². The fourth-order valence-corrected chi connectivity index (χ4v) is 3.12. The number of aromatic nitrogens is 3. The highest BCUT2D eigenvalue weighted by Crippen LogP contribution is 2.27. The summed E-state index contributed by atoms with van der Waals surface area (Å²) in [4.78, 5) is 12.0. The highest BCUT2D eigenvalue weighted by molar-refractivity contribution is 7.99. The minimum atomic E-state index is -0.358. The predicted octanol–water partition coefficient (Wildman–Crippen LogP) is 1.89. The van der Waals surface area contributed by atoms with E-state index in [2.05, 4.69) is 16.3 Å². The van der Waals surface area contributed by atoms with Gasteiger partial charge in [0.2, 0.25) is 5.91 Å². The zero-order valence-corrected chi connectivity index (χ0v) is 12.3. The molecule has 0 fully saturated rings. The normalized spacial score (nSPS) is 10.3. The zero-order valence-electron chi connectivity index (χ0n) is 10.7. The van der Waals surface area contributed by atoms with Crippen LogP contribution in [-0.4, -0.2) is 26.4 Å². The molecular formula is C12H13N5OS2. The van der Waals surface area contributed by atoms with Gasteiger partial charge in [-0.2, -0.15) is 5.26 Å². The summed E-state index contributed by atoms with van der Waals surface area (Å²) in [6.07, 6.45) is 0.684. The average Bonchev–Trinajstić information content (AvgIpc) is 3.05. The van der Waals surface area contributed by atoms with Crippen LogP contribution in [0.4, 0.5) is 0 Å². The second-order valence-electron chi connectivity index (χ2n) is 3.91. The van der Waals surface area contributed by atoms with Crippen molar-refractivity contribution in [3.8, 4) is 16.8 Å². The maximum Gasteiger partial charge on any atom is 0.219 e. The van der Waals surface area contributed by atoms with Gasteiger partial charge in [0.05, 0.1) is 10.9 Å². The Bertz CT molecular complexity index is 614. The Labute approximate surface area is 124 Å². The predicted molar refractivity (Wildman–Crippen MR) is 78.1 cm³/mol.